The Morgan fingerprint density at radius 3 is 2.94 bits per heavy atom. The Morgan fingerprint density at radius 2 is 2.17 bits per heavy atom. The van der Waals surface area contributed by atoms with Gasteiger partial charge in [0.1, 0.15) is 0 Å². The number of halogens is 1. The first kappa shape index (κ1) is 13.6. The molecule has 2 N–H and O–H groups in total. The summed E-state index contributed by atoms with van der Waals surface area (Å²) in [6, 6.07) is 8.81. The minimum Gasteiger partial charge on any atom is -0.344 e. The highest BCUT2D eigenvalue weighted by atomic mass is 35.5. The van der Waals surface area contributed by atoms with Crippen LogP contribution in [0.1, 0.15) is 19.3 Å². The molecule has 2 heterocycles. The van der Waals surface area contributed by atoms with Gasteiger partial charge in [0.15, 0.2) is 5.13 Å². The van der Waals surface area contributed by atoms with Crippen LogP contribution in [0.2, 0.25) is 0 Å². The third kappa shape index (κ3) is 2.46. The summed E-state index contributed by atoms with van der Waals surface area (Å²) in [5.74, 6) is 0. The second-order valence-electron chi connectivity index (χ2n) is 4.54. The summed E-state index contributed by atoms with van der Waals surface area (Å²) in [6.45, 7) is 1.83. The molecule has 1 atom stereocenters. The molecule has 1 fully saturated rings. The van der Waals surface area contributed by atoms with E-state index in [4.69, 9.17) is 10.7 Å². The number of nitrogens with zero attached hydrogens (tertiary/aromatic N) is 2. The largest absolute Gasteiger partial charge is 0.344 e. The van der Waals surface area contributed by atoms with E-state index < -0.39 is 0 Å². The molecule has 1 aliphatic heterocycles. The molecule has 1 aliphatic rings. The Bertz CT molecular complexity index is 481. The van der Waals surface area contributed by atoms with Gasteiger partial charge in [0.25, 0.3) is 0 Å². The number of fused-ring (bicyclic) bond motifs is 1. The minimum atomic E-state index is 0. The Kier molecular flexibility index (Phi) is 4.43. The minimum absolute atomic E-state index is 0. The third-order valence-electron chi connectivity index (χ3n) is 3.43. The molecular formula is C13H18ClN3S. The van der Waals surface area contributed by atoms with E-state index in [0.29, 0.717) is 6.04 Å². The number of piperidine rings is 1. The first-order valence-electron chi connectivity index (χ1n) is 6.21. The van der Waals surface area contributed by atoms with Crippen molar-refractivity contribution in [3.63, 3.8) is 0 Å². The zero-order valence-electron chi connectivity index (χ0n) is 10.2. The molecule has 0 saturated carbocycles. The summed E-state index contributed by atoms with van der Waals surface area (Å²) >= 11 is 1.78. The zero-order valence-corrected chi connectivity index (χ0v) is 11.8. The summed E-state index contributed by atoms with van der Waals surface area (Å²) in [5, 5.41) is 1.14. The van der Waals surface area contributed by atoms with E-state index in [9.17, 15) is 0 Å². The highest BCUT2D eigenvalue weighted by molar-refractivity contribution is 7.22. The fourth-order valence-electron chi connectivity index (χ4n) is 2.48. The van der Waals surface area contributed by atoms with Gasteiger partial charge in [0.2, 0.25) is 0 Å². The van der Waals surface area contributed by atoms with Gasteiger partial charge in [-0.2, -0.15) is 0 Å². The van der Waals surface area contributed by atoms with E-state index in [0.717, 1.165) is 23.7 Å². The summed E-state index contributed by atoms with van der Waals surface area (Å²) in [4.78, 5) is 7.12. The van der Waals surface area contributed by atoms with Gasteiger partial charge in [-0.25, -0.2) is 4.98 Å². The van der Waals surface area contributed by atoms with Crippen molar-refractivity contribution >= 4 is 39.1 Å². The smallest absolute Gasteiger partial charge is 0.186 e. The second-order valence-corrected chi connectivity index (χ2v) is 5.55. The predicted octanol–water partition coefficient (Wildman–Crippen LogP) is 3.04. The van der Waals surface area contributed by atoms with Gasteiger partial charge in [-0.15, -0.1) is 12.4 Å². The monoisotopic (exact) mass is 283 g/mol. The van der Waals surface area contributed by atoms with Crippen LogP contribution < -0.4 is 10.6 Å². The number of benzene rings is 1. The lowest BCUT2D eigenvalue weighted by molar-refractivity contribution is 0.465. The van der Waals surface area contributed by atoms with E-state index >= 15 is 0 Å². The van der Waals surface area contributed by atoms with Crippen LogP contribution in [0.4, 0.5) is 5.13 Å². The van der Waals surface area contributed by atoms with Gasteiger partial charge in [-0.3, -0.25) is 0 Å². The van der Waals surface area contributed by atoms with E-state index in [-0.39, 0.29) is 12.4 Å². The van der Waals surface area contributed by atoms with Crippen LogP contribution in [0, 0.1) is 0 Å². The number of para-hydroxylation sites is 1. The Balaban J connectivity index is 0.00000120. The van der Waals surface area contributed by atoms with Crippen molar-refractivity contribution in [1.29, 1.82) is 0 Å². The van der Waals surface area contributed by atoms with Crippen LogP contribution in [-0.2, 0) is 0 Å². The zero-order chi connectivity index (χ0) is 11.7. The maximum atomic E-state index is 5.86. The number of nitrogens with two attached hydrogens (primary N) is 1. The fraction of sp³-hybridized carbons (Fsp3) is 0.462. The van der Waals surface area contributed by atoms with Crippen molar-refractivity contribution in [3.05, 3.63) is 24.3 Å². The highest BCUT2D eigenvalue weighted by Gasteiger charge is 2.23. The topological polar surface area (TPSA) is 42.1 Å². The molecule has 1 aromatic heterocycles. The van der Waals surface area contributed by atoms with Gasteiger partial charge in [-0.1, -0.05) is 23.5 Å². The fourth-order valence-corrected chi connectivity index (χ4v) is 3.54. The molecule has 2 aromatic rings. The maximum Gasteiger partial charge on any atom is 0.186 e. The highest BCUT2D eigenvalue weighted by Crippen LogP contribution is 2.32. The number of hydrogen-bond acceptors (Lipinski definition) is 4. The summed E-state index contributed by atoms with van der Waals surface area (Å²) in [5.41, 5.74) is 6.97. The SMILES string of the molecule is Cl.NCC1CCCCN1c1nc2ccccc2s1. The number of hydrogen-bond donors (Lipinski definition) is 1. The molecule has 98 valence electrons. The van der Waals surface area contributed by atoms with Gasteiger partial charge in [0.05, 0.1) is 10.2 Å². The quantitative estimate of drug-likeness (QED) is 0.921. The van der Waals surface area contributed by atoms with Crippen molar-refractivity contribution in [2.45, 2.75) is 25.3 Å². The molecule has 1 unspecified atom stereocenters. The maximum absolute atomic E-state index is 5.86. The summed E-state index contributed by atoms with van der Waals surface area (Å²) in [7, 11) is 0. The number of thiazole rings is 1. The first-order valence-corrected chi connectivity index (χ1v) is 7.02. The van der Waals surface area contributed by atoms with Crippen molar-refractivity contribution < 1.29 is 0 Å². The van der Waals surface area contributed by atoms with Gasteiger partial charge in [-0.05, 0) is 31.4 Å². The van der Waals surface area contributed by atoms with E-state index in [1.165, 1.54) is 24.0 Å². The van der Waals surface area contributed by atoms with Crippen molar-refractivity contribution in [3.8, 4) is 0 Å². The average Bonchev–Trinajstić information content (AvgIpc) is 2.82. The van der Waals surface area contributed by atoms with Crippen LogP contribution >= 0.6 is 23.7 Å². The van der Waals surface area contributed by atoms with Crippen LogP contribution in [0.5, 0.6) is 0 Å². The van der Waals surface area contributed by atoms with Crippen LogP contribution in [0.25, 0.3) is 10.2 Å². The predicted molar refractivity (Wildman–Crippen MR) is 80.9 cm³/mol. The molecule has 0 radical (unpaired) electrons. The van der Waals surface area contributed by atoms with E-state index in [1.54, 1.807) is 11.3 Å². The van der Waals surface area contributed by atoms with Crippen molar-refractivity contribution in [1.82, 2.24) is 4.98 Å². The standard InChI is InChI=1S/C13H17N3S.ClH/c14-9-10-5-3-4-8-16(10)13-15-11-6-1-2-7-12(11)17-13;/h1-2,6-7,10H,3-5,8-9,14H2;1H. The first-order chi connectivity index (χ1) is 8.38. The number of anilines is 1. The number of aromatic nitrogens is 1. The lowest BCUT2D eigenvalue weighted by Gasteiger charge is -2.34. The lowest BCUT2D eigenvalue weighted by Crippen LogP contribution is -2.44. The van der Waals surface area contributed by atoms with E-state index in [2.05, 4.69) is 23.1 Å². The second kappa shape index (κ2) is 5.87. The molecule has 0 bridgehead atoms. The summed E-state index contributed by atoms with van der Waals surface area (Å²) < 4.78 is 1.27. The van der Waals surface area contributed by atoms with Gasteiger partial charge in [0, 0.05) is 19.1 Å². The molecular weight excluding hydrogens is 266 g/mol. The molecule has 3 nitrogen and oxygen atoms in total. The van der Waals surface area contributed by atoms with Crippen LogP contribution in [0.15, 0.2) is 24.3 Å². The van der Waals surface area contributed by atoms with Crippen LogP contribution in [-0.4, -0.2) is 24.1 Å². The van der Waals surface area contributed by atoms with Crippen molar-refractivity contribution in [2.24, 2.45) is 5.73 Å². The van der Waals surface area contributed by atoms with Gasteiger partial charge >= 0.3 is 0 Å². The molecule has 5 heteroatoms. The molecule has 0 spiro atoms. The molecule has 1 saturated heterocycles. The summed E-state index contributed by atoms with van der Waals surface area (Å²) in [6.07, 6.45) is 3.75. The molecule has 0 aliphatic carbocycles. The van der Waals surface area contributed by atoms with Crippen molar-refractivity contribution in [2.75, 3.05) is 18.0 Å². The van der Waals surface area contributed by atoms with Crippen LogP contribution in [0.3, 0.4) is 0 Å². The Labute approximate surface area is 117 Å². The molecule has 1 aromatic carbocycles. The molecule has 18 heavy (non-hydrogen) atoms. The third-order valence-corrected chi connectivity index (χ3v) is 4.50. The molecule has 0 amide bonds. The molecule has 3 rings (SSSR count). The van der Waals surface area contributed by atoms with Gasteiger partial charge < -0.3 is 10.6 Å². The normalized spacial score (nSPS) is 19.8. The Morgan fingerprint density at radius 1 is 1.33 bits per heavy atom. The lowest BCUT2D eigenvalue weighted by atomic mass is 10.0. The van der Waals surface area contributed by atoms with E-state index in [1.807, 2.05) is 6.07 Å². The average molecular weight is 284 g/mol. The Hall–Kier alpha value is -0.840. The number of rotatable bonds is 2.